The van der Waals surface area contributed by atoms with Crippen LogP contribution in [0.15, 0.2) is 114 Å². The van der Waals surface area contributed by atoms with E-state index in [1.807, 2.05) is 104 Å². The minimum atomic E-state index is -0.557. The summed E-state index contributed by atoms with van der Waals surface area (Å²) in [6.07, 6.45) is 2.37. The molecule has 4 aromatic carbocycles. The van der Waals surface area contributed by atoms with Crippen LogP contribution >= 0.6 is 0 Å². The molecule has 0 unspecified atom stereocenters. The van der Waals surface area contributed by atoms with Gasteiger partial charge in [-0.1, -0.05) is 81.4 Å². The molecular weight excluding hydrogens is 679 g/mol. The van der Waals surface area contributed by atoms with Gasteiger partial charge in [-0.2, -0.15) is 0 Å². The zero-order valence-electron chi connectivity index (χ0n) is 31.3. The topological polar surface area (TPSA) is 115 Å². The number of nitrogens with zero attached hydrogens (tertiary/aromatic N) is 3. The average molecular weight is 728 g/mol. The number of fused-ring (bicyclic) bond motifs is 1. The molecule has 4 amide bonds. The predicted octanol–water partition coefficient (Wildman–Crippen LogP) is 7.53. The van der Waals surface area contributed by atoms with Crippen LogP contribution in [-0.4, -0.2) is 77.1 Å². The lowest BCUT2D eigenvalue weighted by atomic mass is 10.0. The summed E-state index contributed by atoms with van der Waals surface area (Å²) in [4.78, 5) is 59.1. The molecule has 1 aliphatic rings. The van der Waals surface area contributed by atoms with Crippen molar-refractivity contribution in [3.63, 3.8) is 0 Å². The Bertz CT molecular complexity index is 2040. The maximum Gasteiger partial charge on any atom is 0.247 e. The fourth-order valence-electron chi connectivity index (χ4n) is 7.22. The van der Waals surface area contributed by atoms with Crippen molar-refractivity contribution in [3.8, 4) is 11.3 Å². The number of carbonyl (C=O) groups is 4. The van der Waals surface area contributed by atoms with E-state index < -0.39 is 12.1 Å². The molecule has 1 saturated heterocycles. The summed E-state index contributed by atoms with van der Waals surface area (Å²) < 4.78 is 6.15. The van der Waals surface area contributed by atoms with Crippen molar-refractivity contribution in [2.75, 3.05) is 43.4 Å². The number of likely N-dealkylation sites (N-methyl/N-ethyl adjacent to an activating group) is 1. The number of amides is 4. The smallest absolute Gasteiger partial charge is 0.247 e. The van der Waals surface area contributed by atoms with Gasteiger partial charge in [0.05, 0.1) is 13.0 Å². The van der Waals surface area contributed by atoms with Crippen LogP contribution in [0.5, 0.6) is 0 Å². The molecule has 1 fully saturated rings. The first kappa shape index (κ1) is 38.0. The van der Waals surface area contributed by atoms with Crippen molar-refractivity contribution in [1.82, 2.24) is 14.7 Å². The van der Waals surface area contributed by atoms with E-state index in [1.165, 1.54) is 0 Å². The summed E-state index contributed by atoms with van der Waals surface area (Å²) in [5.74, 6) is 0.0465. The van der Waals surface area contributed by atoms with E-state index in [1.54, 1.807) is 21.9 Å². The summed E-state index contributed by atoms with van der Waals surface area (Å²) in [5.41, 5.74) is 4.57. The molecule has 1 aromatic heterocycles. The lowest BCUT2D eigenvalue weighted by Gasteiger charge is -2.34. The molecule has 54 heavy (non-hydrogen) atoms. The summed E-state index contributed by atoms with van der Waals surface area (Å²) in [5, 5.41) is 6.79. The highest BCUT2D eigenvalue weighted by atomic mass is 16.3. The number of furan rings is 1. The summed E-state index contributed by atoms with van der Waals surface area (Å²) in [6.45, 7) is 8.54. The van der Waals surface area contributed by atoms with Crippen LogP contribution < -0.4 is 10.6 Å². The number of nitrogens with one attached hydrogen (secondary N) is 2. The maximum atomic E-state index is 14.1. The number of likely N-dealkylation sites (tertiary alicyclic amines) is 1. The van der Waals surface area contributed by atoms with Gasteiger partial charge >= 0.3 is 0 Å². The molecule has 280 valence electrons. The third kappa shape index (κ3) is 9.06. The summed E-state index contributed by atoms with van der Waals surface area (Å²) in [7, 11) is 0. The minimum absolute atomic E-state index is 0.0245. The molecule has 10 heteroatoms. The van der Waals surface area contributed by atoms with Crippen LogP contribution in [0.3, 0.4) is 0 Å². The van der Waals surface area contributed by atoms with E-state index in [-0.39, 0.29) is 36.6 Å². The lowest BCUT2D eigenvalue weighted by molar-refractivity contribution is -0.141. The monoisotopic (exact) mass is 727 g/mol. The van der Waals surface area contributed by atoms with Gasteiger partial charge in [0.1, 0.15) is 23.4 Å². The largest absolute Gasteiger partial charge is 0.456 e. The van der Waals surface area contributed by atoms with E-state index in [9.17, 15) is 19.2 Å². The normalized spacial score (nSPS) is 14.6. The summed E-state index contributed by atoms with van der Waals surface area (Å²) in [6, 6.07) is 33.1. The second kappa shape index (κ2) is 17.9. The van der Waals surface area contributed by atoms with Crippen LogP contribution in [0.1, 0.15) is 57.2 Å². The molecule has 10 nitrogen and oxygen atoms in total. The molecule has 0 saturated carbocycles. The Morgan fingerprint density at radius 3 is 2.19 bits per heavy atom. The van der Waals surface area contributed by atoms with E-state index in [2.05, 4.69) is 29.4 Å². The Morgan fingerprint density at radius 1 is 0.815 bits per heavy atom. The fraction of sp³-hybridized carbons (Fsp3) is 0.318. The highest BCUT2D eigenvalue weighted by Crippen LogP contribution is 2.32. The van der Waals surface area contributed by atoms with E-state index in [0.29, 0.717) is 42.2 Å². The summed E-state index contributed by atoms with van der Waals surface area (Å²) >= 11 is 0. The van der Waals surface area contributed by atoms with Crippen molar-refractivity contribution >= 4 is 46.0 Å². The highest BCUT2D eigenvalue weighted by molar-refractivity contribution is 6.00. The number of anilines is 2. The van der Waals surface area contributed by atoms with Gasteiger partial charge in [-0.25, -0.2) is 0 Å². The number of carbonyl (C=O) groups excluding carboxylic acids is 4. The van der Waals surface area contributed by atoms with Crippen LogP contribution in [0.4, 0.5) is 11.4 Å². The minimum Gasteiger partial charge on any atom is -0.456 e. The fourth-order valence-corrected chi connectivity index (χ4v) is 7.22. The first-order valence-electron chi connectivity index (χ1n) is 18.9. The number of hydrogen-bond acceptors (Lipinski definition) is 6. The first-order valence-corrected chi connectivity index (χ1v) is 18.9. The van der Waals surface area contributed by atoms with Crippen LogP contribution in [0, 0.1) is 0 Å². The first-order chi connectivity index (χ1) is 26.3. The lowest BCUT2D eigenvalue weighted by Crippen LogP contribution is -2.48. The molecule has 5 aromatic rings. The molecular formula is C44H49N5O5. The van der Waals surface area contributed by atoms with Crippen LogP contribution in [0.25, 0.3) is 22.3 Å². The van der Waals surface area contributed by atoms with Crippen molar-refractivity contribution < 1.29 is 23.6 Å². The Kier molecular flexibility index (Phi) is 12.6. The van der Waals surface area contributed by atoms with Gasteiger partial charge in [0.25, 0.3) is 0 Å². The second-order valence-corrected chi connectivity index (χ2v) is 13.7. The third-order valence-corrected chi connectivity index (χ3v) is 9.98. The number of benzene rings is 4. The number of rotatable bonds is 15. The van der Waals surface area contributed by atoms with Crippen molar-refractivity contribution in [2.45, 2.75) is 58.5 Å². The van der Waals surface area contributed by atoms with Crippen molar-refractivity contribution in [2.24, 2.45) is 0 Å². The molecule has 0 aliphatic carbocycles. The van der Waals surface area contributed by atoms with Crippen LogP contribution in [0.2, 0.25) is 0 Å². The Hall–Kier alpha value is -5.74. The van der Waals surface area contributed by atoms with Gasteiger partial charge in [0, 0.05) is 35.4 Å². The second-order valence-electron chi connectivity index (χ2n) is 13.7. The molecule has 2 atom stereocenters. The molecule has 2 heterocycles. The van der Waals surface area contributed by atoms with Gasteiger partial charge in [-0.15, -0.1) is 0 Å². The van der Waals surface area contributed by atoms with E-state index >= 15 is 0 Å². The zero-order valence-corrected chi connectivity index (χ0v) is 31.3. The molecule has 0 spiro atoms. The van der Waals surface area contributed by atoms with Crippen LogP contribution in [-0.2, 0) is 25.6 Å². The SMILES string of the molecule is CCCN(CC(=O)Nc1ccc(-c2cc3cc(NC(=O)[C@@H]4CCCN4C(=O)[C@@H](c4ccccc4)N(CC)CC)ccc3o2)cc1)C(=O)Cc1ccccc1. The van der Waals surface area contributed by atoms with Crippen molar-refractivity contribution in [1.29, 1.82) is 0 Å². The maximum absolute atomic E-state index is 14.1. The Balaban J connectivity index is 1.08. The highest BCUT2D eigenvalue weighted by Gasteiger charge is 2.39. The molecule has 2 N–H and O–H groups in total. The zero-order chi connectivity index (χ0) is 38.0. The quantitative estimate of drug-likeness (QED) is 0.115. The molecule has 1 aliphatic heterocycles. The van der Waals surface area contributed by atoms with Gasteiger partial charge in [-0.3, -0.25) is 24.1 Å². The average Bonchev–Trinajstić information content (AvgIpc) is 3.86. The molecule has 6 rings (SSSR count). The Labute approximate surface area is 317 Å². The van der Waals surface area contributed by atoms with E-state index in [4.69, 9.17) is 4.42 Å². The van der Waals surface area contributed by atoms with Crippen molar-refractivity contribution in [3.05, 3.63) is 120 Å². The van der Waals surface area contributed by atoms with E-state index in [0.717, 1.165) is 48.0 Å². The van der Waals surface area contributed by atoms with Gasteiger partial charge in [0.2, 0.25) is 23.6 Å². The molecule has 0 bridgehead atoms. The van der Waals surface area contributed by atoms with Gasteiger partial charge < -0.3 is 24.9 Å². The van der Waals surface area contributed by atoms with Gasteiger partial charge in [-0.05, 0) is 92.0 Å². The number of hydrogen-bond donors (Lipinski definition) is 2. The Morgan fingerprint density at radius 2 is 1.50 bits per heavy atom. The van der Waals surface area contributed by atoms with Gasteiger partial charge in [0.15, 0.2) is 0 Å². The predicted molar refractivity (Wildman–Crippen MR) is 213 cm³/mol. The third-order valence-electron chi connectivity index (χ3n) is 9.98. The standard InChI is InChI=1S/C44H49N5O5/c1-4-25-48(41(51)27-31-14-9-7-10-15-31)30-40(50)45-35-21-19-32(20-22-35)39-29-34-28-36(23-24-38(34)54-39)46-43(52)37-18-13-26-49(37)44(53)42(47(5-2)6-3)33-16-11-8-12-17-33/h7-12,14-17,19-24,28-29,37,42H,4-6,13,18,25-27,30H2,1-3H3,(H,45,50)(H,46,52)/t37-,42+/m0/s1. The molecule has 0 radical (unpaired) electrons.